The van der Waals surface area contributed by atoms with E-state index in [0.717, 1.165) is 28.2 Å². The van der Waals surface area contributed by atoms with Gasteiger partial charge in [0.15, 0.2) is 5.16 Å². The van der Waals surface area contributed by atoms with Crippen LogP contribution in [0.4, 0.5) is 5.69 Å². The van der Waals surface area contributed by atoms with Gasteiger partial charge in [-0.1, -0.05) is 43.8 Å². The number of fused-ring (bicyclic) bond motifs is 1. The molecule has 0 aliphatic carbocycles. The number of benzene rings is 1. The van der Waals surface area contributed by atoms with Crippen LogP contribution in [0.5, 0.6) is 0 Å². The van der Waals surface area contributed by atoms with E-state index in [4.69, 9.17) is 0 Å². The minimum absolute atomic E-state index is 0.0549. The Hall–Kier alpha value is -2.41. The lowest BCUT2D eigenvalue weighted by molar-refractivity contribution is -0.113. The van der Waals surface area contributed by atoms with E-state index in [1.165, 1.54) is 11.8 Å². The van der Waals surface area contributed by atoms with E-state index in [1.54, 1.807) is 0 Å². The van der Waals surface area contributed by atoms with Crippen molar-refractivity contribution in [3.8, 4) is 0 Å². The molecular weight excluding hydrogens is 346 g/mol. The van der Waals surface area contributed by atoms with Crippen molar-refractivity contribution in [1.82, 2.24) is 19.6 Å². The van der Waals surface area contributed by atoms with Gasteiger partial charge in [0, 0.05) is 17.1 Å². The Balaban J connectivity index is 1.75. The number of carbonyl (C=O) groups excluding carboxylic acids is 1. The molecule has 1 N–H and O–H groups in total. The second kappa shape index (κ2) is 7.45. The number of hydrogen-bond acceptors (Lipinski definition) is 5. The average molecular weight is 369 g/mol. The van der Waals surface area contributed by atoms with Crippen LogP contribution in [0.3, 0.4) is 0 Å². The number of nitrogens with one attached hydrogen (secondary N) is 1. The van der Waals surface area contributed by atoms with Crippen LogP contribution >= 0.6 is 11.8 Å². The zero-order valence-electron chi connectivity index (χ0n) is 15.7. The van der Waals surface area contributed by atoms with Gasteiger partial charge >= 0.3 is 0 Å². The molecule has 0 aliphatic heterocycles. The molecule has 0 saturated carbocycles. The number of aryl methyl sites for hydroxylation is 3. The summed E-state index contributed by atoms with van der Waals surface area (Å²) < 4.78 is 1.87. The van der Waals surface area contributed by atoms with Gasteiger partial charge < -0.3 is 5.32 Å². The first-order valence-electron chi connectivity index (χ1n) is 8.58. The molecule has 0 spiro atoms. The van der Waals surface area contributed by atoms with Crippen LogP contribution in [0.25, 0.3) is 5.78 Å². The molecule has 0 atom stereocenters. The normalized spacial score (nSPS) is 11.3. The predicted octanol–water partition coefficient (Wildman–Crippen LogP) is 3.90. The highest BCUT2D eigenvalue weighted by Gasteiger charge is 2.15. The number of rotatable bonds is 5. The number of para-hydroxylation sites is 1. The molecule has 6 nitrogen and oxygen atoms in total. The van der Waals surface area contributed by atoms with E-state index in [2.05, 4.69) is 40.4 Å². The molecule has 26 heavy (non-hydrogen) atoms. The molecule has 2 aromatic heterocycles. The molecule has 0 radical (unpaired) electrons. The Bertz CT molecular complexity index is 964. The smallest absolute Gasteiger partial charge is 0.256 e. The molecule has 0 saturated heterocycles. The predicted molar refractivity (Wildman–Crippen MR) is 105 cm³/mol. The number of nitrogens with zero attached hydrogens (tertiary/aromatic N) is 4. The van der Waals surface area contributed by atoms with Crippen LogP contribution in [-0.4, -0.2) is 31.2 Å². The third-order valence-electron chi connectivity index (χ3n) is 4.19. The Labute approximate surface area is 157 Å². The maximum atomic E-state index is 12.5. The summed E-state index contributed by atoms with van der Waals surface area (Å²) in [6.45, 7) is 10.2. The average Bonchev–Trinajstić information content (AvgIpc) is 2.97. The van der Waals surface area contributed by atoms with Gasteiger partial charge in [0.1, 0.15) is 0 Å². The molecule has 0 unspecified atom stereocenters. The molecule has 3 rings (SSSR count). The first-order valence-corrected chi connectivity index (χ1v) is 9.57. The minimum atomic E-state index is -0.0549. The first kappa shape index (κ1) is 18.4. The fourth-order valence-electron chi connectivity index (χ4n) is 2.94. The van der Waals surface area contributed by atoms with E-state index in [0.29, 0.717) is 16.9 Å². The molecule has 2 heterocycles. The summed E-state index contributed by atoms with van der Waals surface area (Å²) in [5.41, 5.74) is 5.02. The van der Waals surface area contributed by atoms with Crippen molar-refractivity contribution < 1.29 is 4.79 Å². The van der Waals surface area contributed by atoms with E-state index in [9.17, 15) is 4.79 Å². The topological polar surface area (TPSA) is 72.2 Å². The summed E-state index contributed by atoms with van der Waals surface area (Å²) in [5, 5.41) is 12.0. The molecule has 3 aromatic rings. The lowest BCUT2D eigenvalue weighted by atomic mass is 9.98. The Kier molecular flexibility index (Phi) is 5.27. The summed E-state index contributed by atoms with van der Waals surface area (Å²) in [6, 6.07) is 8.07. The van der Waals surface area contributed by atoms with E-state index < -0.39 is 0 Å². The second-order valence-electron chi connectivity index (χ2n) is 6.69. The van der Waals surface area contributed by atoms with Crippen LogP contribution in [0.1, 0.15) is 42.3 Å². The van der Waals surface area contributed by atoms with Gasteiger partial charge in [-0.25, -0.2) is 4.98 Å². The summed E-state index contributed by atoms with van der Waals surface area (Å²) in [7, 11) is 0. The molecule has 1 aromatic carbocycles. The fourth-order valence-corrected chi connectivity index (χ4v) is 3.73. The first-order chi connectivity index (χ1) is 12.4. The van der Waals surface area contributed by atoms with Crippen molar-refractivity contribution >= 4 is 29.1 Å². The summed E-state index contributed by atoms with van der Waals surface area (Å²) in [4.78, 5) is 16.9. The van der Waals surface area contributed by atoms with Crippen LogP contribution in [0, 0.1) is 20.8 Å². The largest absolute Gasteiger partial charge is 0.325 e. The summed E-state index contributed by atoms with van der Waals surface area (Å²) in [5.74, 6) is 1.11. The Morgan fingerprint density at radius 2 is 2.00 bits per heavy atom. The van der Waals surface area contributed by atoms with Gasteiger partial charge in [-0.2, -0.15) is 0 Å². The second-order valence-corrected chi connectivity index (χ2v) is 7.63. The SMILES string of the molecule is Cc1cc(C)n2c(SCC(=O)Nc3c(C)cccc3C(C)C)nnc2n1. The third-order valence-corrected chi connectivity index (χ3v) is 5.12. The highest BCUT2D eigenvalue weighted by Crippen LogP contribution is 2.28. The molecule has 0 fully saturated rings. The maximum absolute atomic E-state index is 12.5. The zero-order chi connectivity index (χ0) is 18.8. The number of aromatic nitrogens is 4. The Morgan fingerprint density at radius 3 is 2.73 bits per heavy atom. The molecule has 1 amide bonds. The zero-order valence-corrected chi connectivity index (χ0v) is 16.5. The standard InChI is InChI=1S/C19H23N5OS/c1-11(2)15-8-6-7-12(3)17(15)21-16(25)10-26-19-23-22-18-20-13(4)9-14(5)24(18)19/h6-9,11H,10H2,1-5H3,(H,21,25). The fraction of sp³-hybridized carbons (Fsp3) is 0.368. The number of thioether (sulfide) groups is 1. The van der Waals surface area contributed by atoms with Gasteiger partial charge in [-0.05, 0) is 43.9 Å². The molecule has 136 valence electrons. The van der Waals surface area contributed by atoms with Gasteiger partial charge in [0.05, 0.1) is 5.75 Å². The van der Waals surface area contributed by atoms with Crippen LogP contribution in [0.2, 0.25) is 0 Å². The number of carbonyl (C=O) groups is 1. The Morgan fingerprint density at radius 1 is 1.23 bits per heavy atom. The van der Waals surface area contributed by atoms with Crippen molar-refractivity contribution in [2.24, 2.45) is 0 Å². The number of amides is 1. The maximum Gasteiger partial charge on any atom is 0.256 e. The van der Waals surface area contributed by atoms with Gasteiger partial charge in [-0.3, -0.25) is 9.20 Å². The van der Waals surface area contributed by atoms with Gasteiger partial charge in [0.25, 0.3) is 5.78 Å². The third kappa shape index (κ3) is 3.72. The van der Waals surface area contributed by atoms with E-state index in [-0.39, 0.29) is 11.7 Å². The number of hydrogen-bond donors (Lipinski definition) is 1. The van der Waals surface area contributed by atoms with E-state index in [1.807, 2.05) is 43.4 Å². The van der Waals surface area contributed by atoms with Crippen molar-refractivity contribution in [2.75, 3.05) is 11.1 Å². The van der Waals surface area contributed by atoms with Crippen molar-refractivity contribution in [3.05, 3.63) is 46.8 Å². The minimum Gasteiger partial charge on any atom is -0.325 e. The van der Waals surface area contributed by atoms with Crippen molar-refractivity contribution in [1.29, 1.82) is 0 Å². The van der Waals surface area contributed by atoms with Crippen LogP contribution in [-0.2, 0) is 4.79 Å². The summed E-state index contributed by atoms with van der Waals surface area (Å²) in [6.07, 6.45) is 0. The van der Waals surface area contributed by atoms with Gasteiger partial charge in [0.2, 0.25) is 5.91 Å². The van der Waals surface area contributed by atoms with E-state index >= 15 is 0 Å². The highest BCUT2D eigenvalue weighted by atomic mass is 32.2. The van der Waals surface area contributed by atoms with Crippen LogP contribution in [0.15, 0.2) is 29.4 Å². The van der Waals surface area contributed by atoms with Crippen LogP contribution < -0.4 is 5.32 Å². The molecule has 0 bridgehead atoms. The quantitative estimate of drug-likeness (QED) is 0.691. The summed E-state index contributed by atoms with van der Waals surface area (Å²) >= 11 is 1.36. The highest BCUT2D eigenvalue weighted by molar-refractivity contribution is 7.99. The molecule has 7 heteroatoms. The lowest BCUT2D eigenvalue weighted by Gasteiger charge is -2.16. The molecule has 0 aliphatic rings. The van der Waals surface area contributed by atoms with Gasteiger partial charge in [-0.15, -0.1) is 10.2 Å². The number of anilines is 1. The lowest BCUT2D eigenvalue weighted by Crippen LogP contribution is -2.17. The van der Waals surface area contributed by atoms with Crippen molar-refractivity contribution in [2.45, 2.75) is 45.7 Å². The molecular formula is C19H23N5OS. The monoisotopic (exact) mass is 369 g/mol. The van der Waals surface area contributed by atoms with Crippen molar-refractivity contribution in [3.63, 3.8) is 0 Å².